The molecular weight excluding hydrogens is 472 g/mol. The molecule has 0 aliphatic rings. The summed E-state index contributed by atoms with van der Waals surface area (Å²) in [6, 6.07) is 9.83. The van der Waals surface area contributed by atoms with Crippen LogP contribution in [0.25, 0.3) is 55.3 Å². The number of carbonyl (C=O) groups excluding carboxylic acids is 1. The van der Waals surface area contributed by atoms with Crippen LogP contribution in [0.5, 0.6) is 0 Å². The van der Waals surface area contributed by atoms with Crippen LogP contribution in [0.3, 0.4) is 0 Å². The Labute approximate surface area is 210 Å². The topological polar surface area (TPSA) is 125 Å². The Morgan fingerprint density at radius 3 is 2.69 bits per heavy atom. The number of H-pyrrole nitrogens is 2. The Morgan fingerprint density at radius 2 is 1.89 bits per heavy atom. The lowest BCUT2D eigenvalue weighted by atomic mass is 9.95. The second-order valence-corrected chi connectivity index (χ2v) is 10.4. The number of rotatable bonds is 4. The smallest absolute Gasteiger partial charge is 0.229 e. The van der Waals surface area contributed by atoms with Crippen molar-refractivity contribution in [2.75, 3.05) is 5.32 Å². The number of imidazole rings is 1. The van der Waals surface area contributed by atoms with Crippen molar-refractivity contribution in [3.8, 4) is 33.2 Å². The highest BCUT2D eigenvalue weighted by Crippen LogP contribution is 2.33. The molecule has 6 aromatic rings. The van der Waals surface area contributed by atoms with Gasteiger partial charge >= 0.3 is 0 Å². The van der Waals surface area contributed by atoms with E-state index in [1.807, 2.05) is 56.5 Å². The molecule has 9 nitrogen and oxygen atoms in total. The molecule has 0 atom stereocenters. The second kappa shape index (κ2) is 8.35. The van der Waals surface area contributed by atoms with Crippen LogP contribution in [0.2, 0.25) is 0 Å². The van der Waals surface area contributed by atoms with E-state index in [4.69, 9.17) is 4.98 Å². The number of aromatic amines is 2. The molecule has 0 aromatic carbocycles. The first-order valence-electron chi connectivity index (χ1n) is 11.4. The summed E-state index contributed by atoms with van der Waals surface area (Å²) in [6.45, 7) is 5.61. The standard InChI is InChI=1S/C26H22N8OS/c1-26(2,3)25(35)30-16-9-14(11-27-13-16)15-10-17-20(33-34-23(17)29-12-15)24-31-18-6-7-28-22(21(18)32-24)19-5-4-8-36-19/h4-13H,1-3H3,(H,30,35)(H,31,32)(H,29,33,34). The summed E-state index contributed by atoms with van der Waals surface area (Å²) in [5.41, 5.74) is 5.63. The molecule has 0 bridgehead atoms. The molecule has 3 N–H and O–H groups in total. The van der Waals surface area contributed by atoms with Gasteiger partial charge in [0.15, 0.2) is 11.5 Å². The molecule has 36 heavy (non-hydrogen) atoms. The van der Waals surface area contributed by atoms with Gasteiger partial charge in [-0.15, -0.1) is 11.3 Å². The quantitative estimate of drug-likeness (QED) is 0.290. The van der Waals surface area contributed by atoms with Gasteiger partial charge in [0.05, 0.1) is 27.7 Å². The molecule has 0 saturated heterocycles. The van der Waals surface area contributed by atoms with E-state index in [1.165, 1.54) is 0 Å². The molecule has 1 amide bonds. The largest absolute Gasteiger partial charge is 0.336 e. The van der Waals surface area contributed by atoms with Crippen LogP contribution in [0.1, 0.15) is 20.8 Å². The van der Waals surface area contributed by atoms with Crippen LogP contribution in [0.15, 0.2) is 60.5 Å². The molecule has 6 aromatic heterocycles. The highest BCUT2D eigenvalue weighted by molar-refractivity contribution is 7.13. The first-order chi connectivity index (χ1) is 17.4. The zero-order valence-electron chi connectivity index (χ0n) is 19.8. The minimum absolute atomic E-state index is 0.0755. The van der Waals surface area contributed by atoms with Crippen LogP contribution < -0.4 is 5.32 Å². The van der Waals surface area contributed by atoms with E-state index in [0.29, 0.717) is 22.9 Å². The van der Waals surface area contributed by atoms with Gasteiger partial charge in [0.1, 0.15) is 16.9 Å². The van der Waals surface area contributed by atoms with Crippen LogP contribution >= 0.6 is 11.3 Å². The first-order valence-corrected chi connectivity index (χ1v) is 12.2. The van der Waals surface area contributed by atoms with Crippen molar-refractivity contribution >= 4 is 45.0 Å². The molecule has 10 heteroatoms. The van der Waals surface area contributed by atoms with Gasteiger partial charge in [0.25, 0.3) is 0 Å². The van der Waals surface area contributed by atoms with E-state index in [2.05, 4.69) is 35.5 Å². The molecular formula is C26H22N8OS. The second-order valence-electron chi connectivity index (χ2n) is 9.48. The normalized spacial score (nSPS) is 11.9. The summed E-state index contributed by atoms with van der Waals surface area (Å²) >= 11 is 1.63. The van der Waals surface area contributed by atoms with E-state index >= 15 is 0 Å². The van der Waals surface area contributed by atoms with E-state index in [9.17, 15) is 4.79 Å². The van der Waals surface area contributed by atoms with Crippen LogP contribution in [0.4, 0.5) is 5.69 Å². The van der Waals surface area contributed by atoms with Crippen LogP contribution in [0, 0.1) is 5.41 Å². The summed E-state index contributed by atoms with van der Waals surface area (Å²) in [7, 11) is 0. The monoisotopic (exact) mass is 494 g/mol. The zero-order valence-corrected chi connectivity index (χ0v) is 20.6. The number of hydrogen-bond donors (Lipinski definition) is 3. The molecule has 0 unspecified atom stereocenters. The average Bonchev–Trinajstić information content (AvgIpc) is 3.62. The van der Waals surface area contributed by atoms with E-state index in [1.54, 1.807) is 36.1 Å². The Balaban J connectivity index is 1.40. The lowest BCUT2D eigenvalue weighted by molar-refractivity contribution is -0.123. The molecule has 6 rings (SSSR count). The van der Waals surface area contributed by atoms with Crippen molar-refractivity contribution in [3.63, 3.8) is 0 Å². The van der Waals surface area contributed by atoms with E-state index < -0.39 is 5.41 Å². The fourth-order valence-corrected chi connectivity index (χ4v) is 4.59. The number of hydrogen-bond acceptors (Lipinski definition) is 7. The number of pyridine rings is 3. The fraction of sp³-hybridized carbons (Fsp3) is 0.154. The number of aromatic nitrogens is 7. The SMILES string of the molecule is CC(C)(C)C(=O)Nc1cncc(-c2cnc3[nH]nc(-c4nc5c(-c6cccs6)nccc5[nH]4)c3c2)c1. The number of anilines is 1. The molecule has 0 aliphatic heterocycles. The van der Waals surface area contributed by atoms with Gasteiger partial charge in [-0.25, -0.2) is 9.97 Å². The minimum atomic E-state index is -0.506. The Morgan fingerprint density at radius 1 is 1.03 bits per heavy atom. The Hall–Kier alpha value is -4.44. The van der Waals surface area contributed by atoms with Gasteiger partial charge in [-0.1, -0.05) is 26.8 Å². The Kier molecular flexibility index (Phi) is 5.11. The molecule has 0 radical (unpaired) electrons. The van der Waals surface area contributed by atoms with Gasteiger partial charge in [-0.05, 0) is 29.6 Å². The summed E-state index contributed by atoms with van der Waals surface area (Å²) in [5, 5.41) is 13.3. The Bertz CT molecular complexity index is 1730. The molecule has 178 valence electrons. The van der Waals surface area contributed by atoms with Crippen molar-refractivity contribution in [2.24, 2.45) is 5.41 Å². The van der Waals surface area contributed by atoms with Gasteiger partial charge in [-0.3, -0.25) is 19.9 Å². The molecule has 0 saturated carbocycles. The summed E-state index contributed by atoms with van der Waals surface area (Å²) < 4.78 is 0. The van der Waals surface area contributed by atoms with Crippen molar-refractivity contribution in [1.29, 1.82) is 0 Å². The predicted octanol–water partition coefficient (Wildman–Crippen LogP) is 5.67. The third-order valence-electron chi connectivity index (χ3n) is 5.81. The predicted molar refractivity (Wildman–Crippen MR) is 141 cm³/mol. The van der Waals surface area contributed by atoms with Gasteiger partial charge in [0, 0.05) is 35.1 Å². The number of carbonyl (C=O) groups is 1. The fourth-order valence-electron chi connectivity index (χ4n) is 3.87. The van der Waals surface area contributed by atoms with Crippen molar-refractivity contribution in [2.45, 2.75) is 20.8 Å². The lowest BCUT2D eigenvalue weighted by Crippen LogP contribution is -2.27. The molecule has 6 heterocycles. The molecule has 0 aliphatic carbocycles. The summed E-state index contributed by atoms with van der Waals surface area (Å²) in [6.07, 6.45) is 6.92. The summed E-state index contributed by atoms with van der Waals surface area (Å²) in [4.78, 5) is 35.1. The average molecular weight is 495 g/mol. The van der Waals surface area contributed by atoms with Gasteiger partial charge in [-0.2, -0.15) is 5.10 Å². The van der Waals surface area contributed by atoms with E-state index in [-0.39, 0.29) is 5.91 Å². The first kappa shape index (κ1) is 22.1. The number of nitrogens with one attached hydrogen (secondary N) is 3. The van der Waals surface area contributed by atoms with Crippen molar-refractivity contribution in [3.05, 3.63) is 60.5 Å². The third-order valence-corrected chi connectivity index (χ3v) is 6.68. The highest BCUT2D eigenvalue weighted by Gasteiger charge is 2.22. The number of nitrogens with zero attached hydrogens (tertiary/aromatic N) is 5. The van der Waals surface area contributed by atoms with Gasteiger partial charge < -0.3 is 10.3 Å². The molecule has 0 spiro atoms. The third kappa shape index (κ3) is 3.91. The van der Waals surface area contributed by atoms with Crippen LogP contribution in [-0.2, 0) is 4.79 Å². The zero-order chi connectivity index (χ0) is 24.9. The van der Waals surface area contributed by atoms with E-state index in [0.717, 1.165) is 38.1 Å². The summed E-state index contributed by atoms with van der Waals surface area (Å²) in [5.74, 6) is 0.554. The van der Waals surface area contributed by atoms with Crippen molar-refractivity contribution in [1.82, 2.24) is 35.1 Å². The van der Waals surface area contributed by atoms with Crippen molar-refractivity contribution < 1.29 is 4.79 Å². The van der Waals surface area contributed by atoms with Gasteiger partial charge in [0.2, 0.25) is 5.91 Å². The lowest BCUT2D eigenvalue weighted by Gasteiger charge is -2.17. The maximum atomic E-state index is 12.4. The number of thiophene rings is 1. The highest BCUT2D eigenvalue weighted by atomic mass is 32.1. The number of fused-ring (bicyclic) bond motifs is 2. The minimum Gasteiger partial charge on any atom is -0.336 e. The maximum absolute atomic E-state index is 12.4. The molecule has 0 fully saturated rings. The maximum Gasteiger partial charge on any atom is 0.229 e. The number of amides is 1. The van der Waals surface area contributed by atoms with Crippen LogP contribution in [-0.4, -0.2) is 41.0 Å².